The third-order valence-corrected chi connectivity index (χ3v) is 4.03. The molecular weight excluding hydrogens is 237 g/mol. The standard InChI is InChI=1S/C9H10FNO4S/c1-3-16(14,15)9-5-8(11(12)13)7(10)4-6(9)2/h4-5H,3H2,1-2H3. The van der Waals surface area contributed by atoms with Gasteiger partial charge in [0.25, 0.3) is 0 Å². The van der Waals surface area contributed by atoms with E-state index in [1.807, 2.05) is 0 Å². The first-order chi connectivity index (χ1) is 7.29. The maximum atomic E-state index is 13.1. The molecule has 0 radical (unpaired) electrons. The molecule has 1 aromatic rings. The van der Waals surface area contributed by atoms with Crippen molar-refractivity contribution in [2.75, 3.05) is 5.75 Å². The number of sulfone groups is 1. The van der Waals surface area contributed by atoms with Gasteiger partial charge in [-0.3, -0.25) is 10.1 Å². The normalized spacial score (nSPS) is 11.4. The molecule has 0 atom stereocenters. The van der Waals surface area contributed by atoms with Gasteiger partial charge < -0.3 is 0 Å². The van der Waals surface area contributed by atoms with Crippen LogP contribution in [0.1, 0.15) is 12.5 Å². The zero-order valence-electron chi connectivity index (χ0n) is 8.73. The van der Waals surface area contributed by atoms with Gasteiger partial charge in [0.1, 0.15) is 0 Å². The van der Waals surface area contributed by atoms with E-state index in [0.717, 1.165) is 12.1 Å². The number of aryl methyl sites for hydroxylation is 1. The van der Waals surface area contributed by atoms with Crippen molar-refractivity contribution in [2.45, 2.75) is 18.7 Å². The minimum absolute atomic E-state index is 0.171. The number of benzene rings is 1. The molecule has 1 aromatic carbocycles. The summed E-state index contributed by atoms with van der Waals surface area (Å²) in [7, 11) is -3.57. The minimum atomic E-state index is -3.57. The Kier molecular flexibility index (Phi) is 3.27. The molecule has 0 bridgehead atoms. The maximum Gasteiger partial charge on any atom is 0.306 e. The van der Waals surface area contributed by atoms with Crippen molar-refractivity contribution in [2.24, 2.45) is 0 Å². The number of nitro benzene ring substituents is 1. The van der Waals surface area contributed by atoms with E-state index < -0.39 is 26.3 Å². The Morgan fingerprint density at radius 1 is 1.44 bits per heavy atom. The van der Waals surface area contributed by atoms with Crippen LogP contribution in [0.25, 0.3) is 0 Å². The van der Waals surface area contributed by atoms with Crippen molar-refractivity contribution in [3.63, 3.8) is 0 Å². The summed E-state index contributed by atoms with van der Waals surface area (Å²) in [5.41, 5.74) is -0.650. The lowest BCUT2D eigenvalue weighted by Crippen LogP contribution is -2.07. The molecule has 5 nitrogen and oxygen atoms in total. The minimum Gasteiger partial charge on any atom is -0.258 e. The van der Waals surface area contributed by atoms with Crippen molar-refractivity contribution in [3.05, 3.63) is 33.6 Å². The quantitative estimate of drug-likeness (QED) is 0.464. The van der Waals surface area contributed by atoms with Crippen LogP contribution in [0.3, 0.4) is 0 Å². The molecular formula is C9H10FNO4S. The van der Waals surface area contributed by atoms with Gasteiger partial charge in [0, 0.05) is 6.07 Å². The molecule has 0 heterocycles. The molecule has 0 aromatic heterocycles. The number of hydrogen-bond donors (Lipinski definition) is 0. The fraction of sp³-hybridized carbons (Fsp3) is 0.333. The van der Waals surface area contributed by atoms with E-state index in [9.17, 15) is 22.9 Å². The van der Waals surface area contributed by atoms with E-state index in [1.165, 1.54) is 13.8 Å². The lowest BCUT2D eigenvalue weighted by Gasteiger charge is -2.05. The fourth-order valence-electron chi connectivity index (χ4n) is 1.27. The second-order valence-electron chi connectivity index (χ2n) is 3.23. The smallest absolute Gasteiger partial charge is 0.258 e. The Morgan fingerprint density at radius 3 is 2.44 bits per heavy atom. The summed E-state index contributed by atoms with van der Waals surface area (Å²) >= 11 is 0. The number of nitrogens with zero attached hydrogens (tertiary/aromatic N) is 1. The molecule has 0 saturated carbocycles. The van der Waals surface area contributed by atoms with Crippen LogP contribution < -0.4 is 0 Å². The SMILES string of the molecule is CCS(=O)(=O)c1cc([N+](=O)[O-])c(F)cc1C. The topological polar surface area (TPSA) is 77.3 Å². The van der Waals surface area contributed by atoms with Crippen LogP contribution in [0, 0.1) is 22.9 Å². The molecule has 0 saturated heterocycles. The van der Waals surface area contributed by atoms with Crippen molar-refractivity contribution in [1.29, 1.82) is 0 Å². The maximum absolute atomic E-state index is 13.1. The Balaban J connectivity index is 3.55. The Labute approximate surface area is 92.0 Å². The second kappa shape index (κ2) is 4.17. The summed E-state index contributed by atoms with van der Waals surface area (Å²) in [6.45, 7) is 2.82. The first-order valence-electron chi connectivity index (χ1n) is 4.47. The van der Waals surface area contributed by atoms with E-state index in [-0.39, 0.29) is 16.2 Å². The molecule has 0 N–H and O–H groups in total. The fourth-order valence-corrected chi connectivity index (χ4v) is 2.42. The molecule has 88 valence electrons. The lowest BCUT2D eigenvalue weighted by atomic mass is 10.2. The largest absolute Gasteiger partial charge is 0.306 e. The number of rotatable bonds is 3. The van der Waals surface area contributed by atoms with Gasteiger partial charge in [0.15, 0.2) is 9.84 Å². The van der Waals surface area contributed by atoms with Gasteiger partial charge in [0.05, 0.1) is 15.6 Å². The molecule has 16 heavy (non-hydrogen) atoms. The van der Waals surface area contributed by atoms with Crippen LogP contribution in [0.2, 0.25) is 0 Å². The van der Waals surface area contributed by atoms with Crippen LogP contribution in [0.15, 0.2) is 17.0 Å². The number of nitro groups is 1. The molecule has 0 amide bonds. The van der Waals surface area contributed by atoms with Gasteiger partial charge >= 0.3 is 5.69 Å². The zero-order chi connectivity index (χ0) is 12.5. The van der Waals surface area contributed by atoms with Crippen molar-refractivity contribution in [3.8, 4) is 0 Å². The molecule has 0 aliphatic heterocycles. The van der Waals surface area contributed by atoms with Gasteiger partial charge in [-0.15, -0.1) is 0 Å². The van der Waals surface area contributed by atoms with Crippen LogP contribution in [-0.4, -0.2) is 19.1 Å². The summed E-state index contributed by atoms with van der Waals surface area (Å²) in [5, 5.41) is 10.5. The highest BCUT2D eigenvalue weighted by Crippen LogP contribution is 2.25. The summed E-state index contributed by atoms with van der Waals surface area (Å²) in [4.78, 5) is 9.34. The van der Waals surface area contributed by atoms with Crippen molar-refractivity contribution >= 4 is 15.5 Å². The third kappa shape index (κ3) is 2.19. The summed E-state index contributed by atoms with van der Waals surface area (Å²) in [6.07, 6.45) is 0. The predicted molar refractivity (Wildman–Crippen MR) is 55.5 cm³/mol. The van der Waals surface area contributed by atoms with Crippen LogP contribution in [0.4, 0.5) is 10.1 Å². The third-order valence-electron chi connectivity index (χ3n) is 2.16. The van der Waals surface area contributed by atoms with Gasteiger partial charge in [-0.05, 0) is 18.6 Å². The van der Waals surface area contributed by atoms with Crippen LogP contribution >= 0.6 is 0 Å². The van der Waals surface area contributed by atoms with Crippen molar-refractivity contribution in [1.82, 2.24) is 0 Å². The lowest BCUT2D eigenvalue weighted by molar-refractivity contribution is -0.387. The van der Waals surface area contributed by atoms with E-state index in [2.05, 4.69) is 0 Å². The average Bonchev–Trinajstić information content (AvgIpc) is 2.16. The summed E-state index contributed by atoms with van der Waals surface area (Å²) < 4.78 is 36.3. The highest BCUT2D eigenvalue weighted by molar-refractivity contribution is 7.91. The molecule has 0 aliphatic rings. The van der Waals surface area contributed by atoms with E-state index >= 15 is 0 Å². The molecule has 0 fully saturated rings. The molecule has 0 spiro atoms. The monoisotopic (exact) mass is 247 g/mol. The second-order valence-corrected chi connectivity index (χ2v) is 5.48. The first-order valence-corrected chi connectivity index (χ1v) is 6.12. The van der Waals surface area contributed by atoms with E-state index in [0.29, 0.717) is 0 Å². The first kappa shape index (κ1) is 12.6. The predicted octanol–water partition coefficient (Wildman–Crippen LogP) is 1.84. The van der Waals surface area contributed by atoms with Crippen LogP contribution in [0.5, 0.6) is 0 Å². The summed E-state index contributed by atoms with van der Waals surface area (Å²) in [6, 6.07) is 1.63. The van der Waals surface area contributed by atoms with Gasteiger partial charge in [-0.2, -0.15) is 4.39 Å². The van der Waals surface area contributed by atoms with Crippen LogP contribution in [-0.2, 0) is 9.84 Å². The average molecular weight is 247 g/mol. The van der Waals surface area contributed by atoms with Gasteiger partial charge in [-0.1, -0.05) is 6.92 Å². The number of halogens is 1. The van der Waals surface area contributed by atoms with Gasteiger partial charge in [0.2, 0.25) is 5.82 Å². The van der Waals surface area contributed by atoms with E-state index in [4.69, 9.17) is 0 Å². The highest BCUT2D eigenvalue weighted by atomic mass is 32.2. The zero-order valence-corrected chi connectivity index (χ0v) is 9.54. The molecule has 1 rings (SSSR count). The summed E-state index contributed by atoms with van der Waals surface area (Å²) in [5.74, 6) is -1.21. The Morgan fingerprint density at radius 2 is 2.00 bits per heavy atom. The molecule has 0 aliphatic carbocycles. The Hall–Kier alpha value is -1.50. The van der Waals surface area contributed by atoms with E-state index in [1.54, 1.807) is 0 Å². The van der Waals surface area contributed by atoms with Crippen molar-refractivity contribution < 1.29 is 17.7 Å². The molecule has 0 unspecified atom stereocenters. The highest BCUT2D eigenvalue weighted by Gasteiger charge is 2.22. The number of hydrogen-bond acceptors (Lipinski definition) is 4. The molecule has 7 heteroatoms. The Bertz CT molecular complexity index is 539. The van der Waals surface area contributed by atoms with Gasteiger partial charge in [-0.25, -0.2) is 8.42 Å².